The molecule has 0 aromatic heterocycles. The molecule has 2 fully saturated rings. The van der Waals surface area contributed by atoms with Crippen molar-refractivity contribution in [1.82, 2.24) is 5.32 Å². The van der Waals surface area contributed by atoms with Gasteiger partial charge in [0.15, 0.2) is 0 Å². The van der Waals surface area contributed by atoms with E-state index in [1.54, 1.807) is 7.11 Å². The van der Waals surface area contributed by atoms with Crippen LogP contribution in [0.3, 0.4) is 0 Å². The monoisotopic (exact) mass is 199 g/mol. The van der Waals surface area contributed by atoms with Gasteiger partial charge in [-0.05, 0) is 31.7 Å². The van der Waals surface area contributed by atoms with Crippen LogP contribution >= 0.6 is 0 Å². The first-order chi connectivity index (χ1) is 6.69. The Labute approximate surface area is 85.8 Å². The number of ether oxygens (including phenoxy) is 1. The minimum atomic E-state index is -0.140. The Balaban J connectivity index is 2.13. The molecule has 3 nitrogen and oxygen atoms in total. The molecular formula is C11H21NO2. The lowest BCUT2D eigenvalue weighted by Crippen LogP contribution is -2.48. The van der Waals surface area contributed by atoms with E-state index in [4.69, 9.17) is 4.74 Å². The molecular weight excluding hydrogens is 178 g/mol. The molecule has 1 heterocycles. The second kappa shape index (κ2) is 3.80. The minimum absolute atomic E-state index is 0.0823. The molecule has 1 spiro atoms. The van der Waals surface area contributed by atoms with Gasteiger partial charge in [-0.25, -0.2) is 0 Å². The summed E-state index contributed by atoms with van der Waals surface area (Å²) in [6, 6.07) is 0. The molecule has 2 aliphatic rings. The normalized spacial score (nSPS) is 48.6. The van der Waals surface area contributed by atoms with Crippen molar-refractivity contribution in [3.05, 3.63) is 0 Å². The number of aliphatic hydroxyl groups is 1. The molecule has 1 saturated carbocycles. The van der Waals surface area contributed by atoms with E-state index in [0.29, 0.717) is 12.0 Å². The zero-order chi connectivity index (χ0) is 10.2. The first kappa shape index (κ1) is 10.4. The first-order valence-electron chi connectivity index (χ1n) is 5.60. The fraction of sp³-hybridized carbons (Fsp3) is 1.00. The maximum Gasteiger partial charge on any atom is 0.0613 e. The van der Waals surface area contributed by atoms with Crippen molar-refractivity contribution < 1.29 is 9.84 Å². The third-order valence-electron chi connectivity index (χ3n) is 4.25. The minimum Gasteiger partial charge on any atom is -0.392 e. The molecule has 0 aromatic rings. The highest BCUT2D eigenvalue weighted by Crippen LogP contribution is 2.45. The van der Waals surface area contributed by atoms with E-state index in [1.807, 2.05) is 0 Å². The Morgan fingerprint density at radius 3 is 2.79 bits per heavy atom. The summed E-state index contributed by atoms with van der Waals surface area (Å²) in [7, 11) is 1.78. The summed E-state index contributed by atoms with van der Waals surface area (Å²) in [5, 5.41) is 13.5. The number of nitrogens with one attached hydrogen (secondary N) is 1. The number of methoxy groups -OCH3 is 1. The molecule has 82 valence electrons. The van der Waals surface area contributed by atoms with Crippen molar-refractivity contribution in [3.63, 3.8) is 0 Å². The maximum atomic E-state index is 10.1. The zero-order valence-corrected chi connectivity index (χ0v) is 9.12. The van der Waals surface area contributed by atoms with Gasteiger partial charge in [-0.15, -0.1) is 0 Å². The second-order valence-electron chi connectivity index (χ2n) is 4.92. The molecule has 14 heavy (non-hydrogen) atoms. The maximum absolute atomic E-state index is 10.1. The molecule has 1 aliphatic carbocycles. The van der Waals surface area contributed by atoms with E-state index < -0.39 is 0 Å². The van der Waals surface area contributed by atoms with Gasteiger partial charge < -0.3 is 15.2 Å². The molecule has 3 heteroatoms. The van der Waals surface area contributed by atoms with Crippen LogP contribution < -0.4 is 5.32 Å². The lowest BCUT2D eigenvalue weighted by molar-refractivity contribution is -0.0788. The topological polar surface area (TPSA) is 41.5 Å². The molecule has 0 amide bonds. The smallest absolute Gasteiger partial charge is 0.0613 e. The summed E-state index contributed by atoms with van der Waals surface area (Å²) < 4.78 is 5.44. The molecule has 0 radical (unpaired) electrons. The molecule has 2 rings (SSSR count). The van der Waals surface area contributed by atoms with Crippen LogP contribution in [-0.4, -0.2) is 37.5 Å². The fourth-order valence-corrected chi connectivity index (χ4v) is 3.11. The number of rotatable bonds is 1. The Hall–Kier alpha value is -0.120. The van der Waals surface area contributed by atoms with E-state index in [-0.39, 0.29) is 11.5 Å². The summed E-state index contributed by atoms with van der Waals surface area (Å²) in [6.45, 7) is 4.23. The third-order valence-corrected chi connectivity index (χ3v) is 4.25. The number of hydrogen-bond donors (Lipinski definition) is 2. The molecule has 4 unspecified atom stereocenters. The Morgan fingerprint density at radius 1 is 1.43 bits per heavy atom. The SMILES string of the molecule is COC1CCC(O)C2(CNCC2C)C1. The molecule has 2 N–H and O–H groups in total. The van der Waals surface area contributed by atoms with Gasteiger partial charge in [0.2, 0.25) is 0 Å². The molecule has 4 atom stereocenters. The molecule has 0 bridgehead atoms. The van der Waals surface area contributed by atoms with Gasteiger partial charge in [-0.1, -0.05) is 6.92 Å². The number of aliphatic hydroxyl groups excluding tert-OH is 1. The van der Waals surface area contributed by atoms with Crippen LogP contribution in [-0.2, 0) is 4.74 Å². The summed E-state index contributed by atoms with van der Waals surface area (Å²) >= 11 is 0. The van der Waals surface area contributed by atoms with E-state index in [9.17, 15) is 5.11 Å². The average Bonchev–Trinajstić information content (AvgIpc) is 2.54. The Kier molecular flexibility index (Phi) is 2.82. The predicted octanol–water partition coefficient (Wildman–Crippen LogP) is 0.772. The van der Waals surface area contributed by atoms with Crippen LogP contribution in [0.1, 0.15) is 26.2 Å². The van der Waals surface area contributed by atoms with Crippen LogP contribution in [0, 0.1) is 11.3 Å². The van der Waals surface area contributed by atoms with Crippen LogP contribution in [0.5, 0.6) is 0 Å². The van der Waals surface area contributed by atoms with Gasteiger partial charge in [-0.3, -0.25) is 0 Å². The van der Waals surface area contributed by atoms with Crippen molar-refractivity contribution in [2.24, 2.45) is 11.3 Å². The van der Waals surface area contributed by atoms with Gasteiger partial charge in [0.25, 0.3) is 0 Å². The highest BCUT2D eigenvalue weighted by Gasteiger charge is 2.49. The fourth-order valence-electron chi connectivity index (χ4n) is 3.11. The zero-order valence-electron chi connectivity index (χ0n) is 9.12. The largest absolute Gasteiger partial charge is 0.392 e. The van der Waals surface area contributed by atoms with E-state index >= 15 is 0 Å². The van der Waals surface area contributed by atoms with Gasteiger partial charge in [0, 0.05) is 19.1 Å². The molecule has 0 aromatic carbocycles. The van der Waals surface area contributed by atoms with E-state index in [1.165, 1.54) is 0 Å². The van der Waals surface area contributed by atoms with Crippen molar-refractivity contribution in [2.45, 2.75) is 38.4 Å². The van der Waals surface area contributed by atoms with Gasteiger partial charge in [0.1, 0.15) is 0 Å². The third kappa shape index (κ3) is 1.47. The van der Waals surface area contributed by atoms with Gasteiger partial charge in [0.05, 0.1) is 12.2 Å². The van der Waals surface area contributed by atoms with Crippen LogP contribution in [0.2, 0.25) is 0 Å². The standard InChI is InChI=1S/C11H21NO2/c1-8-6-12-7-11(8)5-9(14-2)3-4-10(11)13/h8-10,12-13H,3-7H2,1-2H3. The van der Waals surface area contributed by atoms with Crippen molar-refractivity contribution in [1.29, 1.82) is 0 Å². The lowest BCUT2D eigenvalue weighted by Gasteiger charge is -2.44. The van der Waals surface area contributed by atoms with Crippen LogP contribution in [0.4, 0.5) is 0 Å². The lowest BCUT2D eigenvalue weighted by atomic mass is 9.65. The van der Waals surface area contributed by atoms with Gasteiger partial charge >= 0.3 is 0 Å². The summed E-state index contributed by atoms with van der Waals surface area (Å²) in [4.78, 5) is 0. The van der Waals surface area contributed by atoms with Crippen LogP contribution in [0.25, 0.3) is 0 Å². The summed E-state index contributed by atoms with van der Waals surface area (Å²) in [5.41, 5.74) is 0.0823. The van der Waals surface area contributed by atoms with Crippen molar-refractivity contribution in [3.8, 4) is 0 Å². The average molecular weight is 199 g/mol. The Bertz CT molecular complexity index is 209. The summed E-state index contributed by atoms with van der Waals surface area (Å²) in [6.07, 6.45) is 3.12. The highest BCUT2D eigenvalue weighted by atomic mass is 16.5. The predicted molar refractivity (Wildman–Crippen MR) is 55.1 cm³/mol. The van der Waals surface area contributed by atoms with E-state index in [0.717, 1.165) is 32.4 Å². The Morgan fingerprint density at radius 2 is 2.21 bits per heavy atom. The van der Waals surface area contributed by atoms with Crippen molar-refractivity contribution >= 4 is 0 Å². The van der Waals surface area contributed by atoms with Crippen molar-refractivity contribution in [2.75, 3.05) is 20.2 Å². The molecule has 1 saturated heterocycles. The second-order valence-corrected chi connectivity index (χ2v) is 4.92. The summed E-state index contributed by atoms with van der Waals surface area (Å²) in [5.74, 6) is 0.565. The highest BCUT2D eigenvalue weighted by molar-refractivity contribution is 5.02. The first-order valence-corrected chi connectivity index (χ1v) is 5.60. The van der Waals surface area contributed by atoms with E-state index in [2.05, 4.69) is 12.2 Å². The number of hydrogen-bond acceptors (Lipinski definition) is 3. The van der Waals surface area contributed by atoms with Crippen LogP contribution in [0.15, 0.2) is 0 Å². The quantitative estimate of drug-likeness (QED) is 0.655. The molecule has 1 aliphatic heterocycles. The van der Waals surface area contributed by atoms with Gasteiger partial charge in [-0.2, -0.15) is 0 Å².